The van der Waals surface area contributed by atoms with E-state index >= 15 is 0 Å². The topological polar surface area (TPSA) is 87.9 Å². The van der Waals surface area contributed by atoms with Crippen molar-refractivity contribution in [2.45, 2.75) is 11.4 Å². The molecular weight excluding hydrogens is 294 g/mol. The number of hydrogen-bond acceptors (Lipinski definition) is 6. The Morgan fingerprint density at radius 2 is 1.52 bits per heavy atom. The average molecular weight is 317 g/mol. The highest BCUT2D eigenvalue weighted by molar-refractivity contribution is 7.91. The molecule has 0 saturated carbocycles. The maximum Gasteiger partial charge on any atom is 0.180 e. The fraction of sp³-hybridized carbons (Fsp3) is 0.571. The van der Waals surface area contributed by atoms with Crippen LogP contribution in [-0.4, -0.2) is 54.3 Å². The van der Waals surface area contributed by atoms with Crippen molar-refractivity contribution in [1.82, 2.24) is 0 Å². The van der Waals surface area contributed by atoms with E-state index in [4.69, 9.17) is 19.9 Å². The van der Waals surface area contributed by atoms with E-state index in [1.54, 1.807) is 31.4 Å². The highest BCUT2D eigenvalue weighted by Crippen LogP contribution is 2.12. The van der Waals surface area contributed by atoms with Crippen LogP contribution < -0.4 is 5.73 Å². The van der Waals surface area contributed by atoms with Crippen molar-refractivity contribution in [2.75, 3.05) is 45.9 Å². The Morgan fingerprint density at radius 3 is 2.10 bits per heavy atom. The fourth-order valence-electron chi connectivity index (χ4n) is 1.58. The average Bonchev–Trinajstić information content (AvgIpc) is 2.50. The third-order valence-electron chi connectivity index (χ3n) is 2.82. The lowest BCUT2D eigenvalue weighted by Gasteiger charge is -2.07. The van der Waals surface area contributed by atoms with Gasteiger partial charge in [0, 0.05) is 13.7 Å². The van der Waals surface area contributed by atoms with Gasteiger partial charge in [0.05, 0.1) is 43.7 Å². The van der Waals surface area contributed by atoms with Gasteiger partial charge in [-0.1, -0.05) is 12.1 Å². The molecule has 7 heteroatoms. The standard InChI is InChI=1S/C14H23NO5S/c1-18-6-7-19-8-9-20-10-11-21(16,17)14-4-2-13(12-15)3-5-14/h2-5H,6-12,15H2,1H3. The molecule has 0 unspecified atom stereocenters. The van der Waals surface area contributed by atoms with Crippen LogP contribution in [0.4, 0.5) is 0 Å². The number of ether oxygens (including phenoxy) is 3. The van der Waals surface area contributed by atoms with Crippen LogP contribution in [0.25, 0.3) is 0 Å². The van der Waals surface area contributed by atoms with Crippen LogP contribution in [0.3, 0.4) is 0 Å². The summed E-state index contributed by atoms with van der Waals surface area (Å²) >= 11 is 0. The Hall–Kier alpha value is -0.990. The summed E-state index contributed by atoms with van der Waals surface area (Å²) in [6.07, 6.45) is 0. The zero-order chi connectivity index (χ0) is 15.6. The van der Waals surface area contributed by atoms with Gasteiger partial charge < -0.3 is 19.9 Å². The number of hydrogen-bond donors (Lipinski definition) is 1. The van der Waals surface area contributed by atoms with Crippen LogP contribution in [0.1, 0.15) is 5.56 Å². The van der Waals surface area contributed by atoms with Crippen molar-refractivity contribution in [2.24, 2.45) is 5.73 Å². The quantitative estimate of drug-likeness (QED) is 0.601. The zero-order valence-corrected chi connectivity index (χ0v) is 13.1. The molecule has 0 aliphatic heterocycles. The Balaban J connectivity index is 2.26. The molecule has 2 N–H and O–H groups in total. The summed E-state index contributed by atoms with van der Waals surface area (Å²) < 4.78 is 39.4. The second-order valence-corrected chi connectivity index (χ2v) is 6.49. The van der Waals surface area contributed by atoms with Gasteiger partial charge >= 0.3 is 0 Å². The van der Waals surface area contributed by atoms with Crippen molar-refractivity contribution < 1.29 is 22.6 Å². The number of sulfone groups is 1. The third kappa shape index (κ3) is 7.01. The summed E-state index contributed by atoms with van der Waals surface area (Å²) in [6, 6.07) is 6.59. The van der Waals surface area contributed by atoms with Crippen molar-refractivity contribution >= 4 is 9.84 Å². The van der Waals surface area contributed by atoms with Crippen molar-refractivity contribution in [1.29, 1.82) is 0 Å². The predicted molar refractivity (Wildman–Crippen MR) is 79.9 cm³/mol. The molecule has 0 fully saturated rings. The Kier molecular flexibility index (Phi) is 8.48. The van der Waals surface area contributed by atoms with Gasteiger partial charge in [0.1, 0.15) is 0 Å². The number of nitrogens with two attached hydrogens (primary N) is 1. The van der Waals surface area contributed by atoms with Crippen molar-refractivity contribution in [3.8, 4) is 0 Å². The summed E-state index contributed by atoms with van der Waals surface area (Å²) in [6.45, 7) is 2.37. The van der Waals surface area contributed by atoms with Gasteiger partial charge in [-0.2, -0.15) is 0 Å². The van der Waals surface area contributed by atoms with Gasteiger partial charge in [-0.05, 0) is 17.7 Å². The van der Waals surface area contributed by atoms with E-state index < -0.39 is 9.84 Å². The molecule has 0 aliphatic carbocycles. The minimum atomic E-state index is -3.31. The van der Waals surface area contributed by atoms with Crippen LogP contribution in [0.2, 0.25) is 0 Å². The fourth-order valence-corrected chi connectivity index (χ4v) is 2.71. The second kappa shape index (κ2) is 9.86. The molecule has 6 nitrogen and oxygen atoms in total. The molecule has 0 radical (unpaired) electrons. The van der Waals surface area contributed by atoms with E-state index in [9.17, 15) is 8.42 Å². The minimum absolute atomic E-state index is 0.0486. The van der Waals surface area contributed by atoms with Gasteiger partial charge in [0.2, 0.25) is 0 Å². The highest BCUT2D eigenvalue weighted by Gasteiger charge is 2.13. The molecule has 1 rings (SSSR count). The summed E-state index contributed by atoms with van der Waals surface area (Å²) in [7, 11) is -1.71. The van der Waals surface area contributed by atoms with Crippen LogP contribution in [0.15, 0.2) is 29.2 Å². The number of rotatable bonds is 11. The second-order valence-electron chi connectivity index (χ2n) is 4.38. The summed E-state index contributed by atoms with van der Waals surface area (Å²) in [5.74, 6) is -0.0486. The summed E-state index contributed by atoms with van der Waals surface area (Å²) in [4.78, 5) is 0.291. The summed E-state index contributed by atoms with van der Waals surface area (Å²) in [5, 5.41) is 0. The molecule has 21 heavy (non-hydrogen) atoms. The maximum atomic E-state index is 12.0. The van der Waals surface area contributed by atoms with Gasteiger partial charge in [0.25, 0.3) is 0 Å². The van der Waals surface area contributed by atoms with Crippen LogP contribution in [0.5, 0.6) is 0 Å². The molecule has 0 aromatic heterocycles. The van der Waals surface area contributed by atoms with E-state index in [1.807, 2.05) is 0 Å². The molecule has 0 heterocycles. The molecule has 1 aromatic rings. The maximum absolute atomic E-state index is 12.0. The van der Waals surface area contributed by atoms with Gasteiger partial charge in [-0.25, -0.2) is 8.42 Å². The molecule has 0 atom stereocenters. The van der Waals surface area contributed by atoms with Crippen LogP contribution in [-0.2, 0) is 30.6 Å². The predicted octanol–water partition coefficient (Wildman–Crippen LogP) is 0.599. The molecule has 0 aliphatic rings. The first-order chi connectivity index (χ1) is 10.1. The van der Waals surface area contributed by atoms with Gasteiger partial charge in [-0.15, -0.1) is 0 Å². The Labute approximate surface area is 126 Å². The first-order valence-electron chi connectivity index (χ1n) is 6.76. The van der Waals surface area contributed by atoms with Crippen molar-refractivity contribution in [3.05, 3.63) is 29.8 Å². The molecule has 1 aromatic carbocycles. The zero-order valence-electron chi connectivity index (χ0n) is 12.3. The number of benzene rings is 1. The van der Waals surface area contributed by atoms with Crippen LogP contribution >= 0.6 is 0 Å². The Bertz CT molecular complexity index is 487. The molecule has 120 valence electrons. The normalized spacial score (nSPS) is 11.7. The number of methoxy groups -OCH3 is 1. The first kappa shape index (κ1) is 18.1. The smallest absolute Gasteiger partial charge is 0.180 e. The molecule has 0 saturated heterocycles. The highest BCUT2D eigenvalue weighted by atomic mass is 32.2. The van der Waals surface area contributed by atoms with E-state index in [1.165, 1.54) is 0 Å². The molecule has 0 amide bonds. The SMILES string of the molecule is COCCOCCOCCS(=O)(=O)c1ccc(CN)cc1. The largest absolute Gasteiger partial charge is 0.382 e. The van der Waals surface area contributed by atoms with Crippen LogP contribution in [0, 0.1) is 0 Å². The van der Waals surface area contributed by atoms with Gasteiger partial charge in [0.15, 0.2) is 9.84 Å². The lowest BCUT2D eigenvalue weighted by Crippen LogP contribution is -2.15. The van der Waals surface area contributed by atoms with E-state index in [0.29, 0.717) is 37.9 Å². The first-order valence-corrected chi connectivity index (χ1v) is 8.41. The van der Waals surface area contributed by atoms with E-state index in [-0.39, 0.29) is 12.4 Å². The Morgan fingerprint density at radius 1 is 0.952 bits per heavy atom. The minimum Gasteiger partial charge on any atom is -0.382 e. The summed E-state index contributed by atoms with van der Waals surface area (Å²) in [5.41, 5.74) is 6.38. The van der Waals surface area contributed by atoms with Gasteiger partial charge in [-0.3, -0.25) is 0 Å². The molecule has 0 bridgehead atoms. The molecular formula is C14H23NO5S. The third-order valence-corrected chi connectivity index (χ3v) is 4.51. The van der Waals surface area contributed by atoms with Crippen molar-refractivity contribution in [3.63, 3.8) is 0 Å². The lowest BCUT2D eigenvalue weighted by molar-refractivity contribution is 0.0284. The van der Waals surface area contributed by atoms with E-state index in [2.05, 4.69) is 0 Å². The molecule has 0 spiro atoms. The monoisotopic (exact) mass is 317 g/mol. The van der Waals surface area contributed by atoms with E-state index in [0.717, 1.165) is 5.56 Å². The lowest BCUT2D eigenvalue weighted by atomic mass is 10.2.